The second-order valence-electron chi connectivity index (χ2n) is 6.14. The van der Waals surface area contributed by atoms with E-state index in [4.69, 9.17) is 9.15 Å². The summed E-state index contributed by atoms with van der Waals surface area (Å²) in [6, 6.07) is 18.3. The maximum absolute atomic E-state index is 13.9. The van der Waals surface area contributed by atoms with Crippen LogP contribution in [0.1, 0.15) is 11.6 Å². The van der Waals surface area contributed by atoms with Crippen LogP contribution in [0.25, 0.3) is 11.8 Å². The Morgan fingerprint density at radius 2 is 1.87 bits per heavy atom. The highest BCUT2D eigenvalue weighted by Gasteiger charge is 2.15. The van der Waals surface area contributed by atoms with Gasteiger partial charge in [0.1, 0.15) is 17.3 Å². The molecule has 0 fully saturated rings. The zero-order chi connectivity index (χ0) is 21.6. The van der Waals surface area contributed by atoms with Crippen LogP contribution in [0.15, 0.2) is 81.7 Å². The molecule has 10 heteroatoms. The van der Waals surface area contributed by atoms with Gasteiger partial charge in [-0.15, -0.1) is 10.2 Å². The van der Waals surface area contributed by atoms with Crippen molar-refractivity contribution in [2.75, 3.05) is 0 Å². The van der Waals surface area contributed by atoms with Gasteiger partial charge in [-0.3, -0.25) is 14.7 Å². The molecular weight excluding hydrogens is 423 g/mol. The van der Waals surface area contributed by atoms with Gasteiger partial charge in [0.2, 0.25) is 0 Å². The average Bonchev–Trinajstić information content (AvgIpc) is 3.41. The first-order chi connectivity index (χ1) is 15.1. The first-order valence-electron chi connectivity index (χ1n) is 9.06. The molecule has 156 valence electrons. The van der Waals surface area contributed by atoms with Crippen LogP contribution >= 0.6 is 11.8 Å². The monoisotopic (exact) mass is 438 g/mol. The number of thioether (sulfide) groups is 1. The predicted molar refractivity (Wildman–Crippen MR) is 112 cm³/mol. The fourth-order valence-electron chi connectivity index (χ4n) is 2.70. The van der Waals surface area contributed by atoms with E-state index in [0.717, 1.165) is 5.69 Å². The Labute approximate surface area is 180 Å². The first kappa shape index (κ1) is 20.4. The third-order valence-electron chi connectivity index (χ3n) is 4.11. The third-order valence-corrected chi connectivity index (χ3v) is 4.85. The number of halogens is 1. The first-order valence-corrected chi connectivity index (χ1v) is 9.94. The van der Waals surface area contributed by atoms with E-state index >= 15 is 0 Å². The standard InChI is InChI=1S/C21H15FN4O4S/c22-17-8-4-5-9-18(17)29-14-19-23-24-21(25(19)15-6-2-1-3-7-15)31-13-12-16-10-11-20(30-16)26(27)28/h1-13H,14H2/b13-12+. The fourth-order valence-corrected chi connectivity index (χ4v) is 3.43. The number of hydrogen-bond donors (Lipinski definition) is 0. The average molecular weight is 438 g/mol. The fraction of sp³-hybridized carbons (Fsp3) is 0.0476. The molecule has 0 aliphatic rings. The maximum Gasteiger partial charge on any atom is 0.433 e. The van der Waals surface area contributed by atoms with Gasteiger partial charge in [0.05, 0.1) is 6.07 Å². The van der Waals surface area contributed by atoms with E-state index in [1.165, 1.54) is 30.0 Å². The molecule has 4 aromatic rings. The van der Waals surface area contributed by atoms with E-state index in [-0.39, 0.29) is 18.2 Å². The summed E-state index contributed by atoms with van der Waals surface area (Å²) in [7, 11) is 0. The van der Waals surface area contributed by atoms with Gasteiger partial charge >= 0.3 is 5.88 Å². The third kappa shape index (κ3) is 4.81. The predicted octanol–water partition coefficient (Wildman–Crippen LogP) is 5.25. The van der Waals surface area contributed by atoms with Crippen LogP contribution < -0.4 is 4.74 Å². The van der Waals surface area contributed by atoms with Crippen molar-refractivity contribution in [3.05, 3.63) is 99.7 Å². The molecule has 0 N–H and O–H groups in total. The Morgan fingerprint density at radius 3 is 2.61 bits per heavy atom. The smallest absolute Gasteiger partial charge is 0.433 e. The molecular formula is C21H15FN4O4S. The molecule has 0 amide bonds. The van der Waals surface area contributed by atoms with Crippen molar-refractivity contribution < 1.29 is 18.5 Å². The van der Waals surface area contributed by atoms with Gasteiger partial charge in [-0.2, -0.15) is 0 Å². The van der Waals surface area contributed by atoms with Crippen LogP contribution in [0.4, 0.5) is 10.3 Å². The summed E-state index contributed by atoms with van der Waals surface area (Å²) in [4.78, 5) is 10.1. The van der Waals surface area contributed by atoms with E-state index in [2.05, 4.69) is 10.2 Å². The van der Waals surface area contributed by atoms with Gasteiger partial charge in [0.25, 0.3) is 0 Å². The van der Waals surface area contributed by atoms with E-state index in [1.807, 2.05) is 30.3 Å². The summed E-state index contributed by atoms with van der Waals surface area (Å²) in [5.74, 6) is 0.161. The van der Waals surface area contributed by atoms with Crippen molar-refractivity contribution in [1.82, 2.24) is 14.8 Å². The van der Waals surface area contributed by atoms with Crippen LogP contribution in [0, 0.1) is 15.9 Å². The van der Waals surface area contributed by atoms with Gasteiger partial charge < -0.3 is 9.15 Å². The molecule has 0 aliphatic heterocycles. The highest BCUT2D eigenvalue weighted by Crippen LogP contribution is 2.26. The lowest BCUT2D eigenvalue weighted by Gasteiger charge is -2.10. The number of furan rings is 1. The number of rotatable bonds is 8. The summed E-state index contributed by atoms with van der Waals surface area (Å²) in [6.45, 7) is 0.0114. The summed E-state index contributed by atoms with van der Waals surface area (Å²) in [6.07, 6.45) is 1.59. The maximum atomic E-state index is 13.9. The van der Waals surface area contributed by atoms with E-state index < -0.39 is 10.7 Å². The number of para-hydroxylation sites is 2. The van der Waals surface area contributed by atoms with Crippen molar-refractivity contribution in [3.63, 3.8) is 0 Å². The molecule has 0 unspecified atom stereocenters. The van der Waals surface area contributed by atoms with Gasteiger partial charge in [0.15, 0.2) is 22.5 Å². The molecule has 2 heterocycles. The lowest BCUT2D eigenvalue weighted by molar-refractivity contribution is -0.402. The van der Waals surface area contributed by atoms with E-state index in [1.54, 1.807) is 34.3 Å². The highest BCUT2D eigenvalue weighted by atomic mass is 32.2. The van der Waals surface area contributed by atoms with Crippen LogP contribution in [0.3, 0.4) is 0 Å². The van der Waals surface area contributed by atoms with Gasteiger partial charge in [0, 0.05) is 5.69 Å². The number of benzene rings is 2. The number of hydrogen-bond acceptors (Lipinski definition) is 7. The molecule has 31 heavy (non-hydrogen) atoms. The molecule has 0 aliphatic carbocycles. The summed E-state index contributed by atoms with van der Waals surface area (Å²) < 4.78 is 26.4. The summed E-state index contributed by atoms with van der Waals surface area (Å²) >= 11 is 1.25. The van der Waals surface area contributed by atoms with Gasteiger partial charge in [-0.1, -0.05) is 42.1 Å². The Hall–Kier alpha value is -3.92. The lowest BCUT2D eigenvalue weighted by atomic mass is 10.3. The van der Waals surface area contributed by atoms with Crippen LogP contribution in [0.2, 0.25) is 0 Å². The minimum atomic E-state index is -0.599. The second kappa shape index (κ2) is 9.26. The Bertz CT molecular complexity index is 1220. The molecule has 0 bridgehead atoms. The zero-order valence-electron chi connectivity index (χ0n) is 15.9. The van der Waals surface area contributed by atoms with Gasteiger partial charge in [-0.05, 0) is 41.8 Å². The van der Waals surface area contributed by atoms with Crippen molar-refractivity contribution >= 4 is 23.7 Å². The SMILES string of the molecule is O=[N+]([O-])c1ccc(/C=C/Sc2nnc(COc3ccccc3F)n2-c2ccccc2)o1. The normalized spacial score (nSPS) is 11.1. The van der Waals surface area contributed by atoms with Crippen LogP contribution in [-0.2, 0) is 6.61 Å². The summed E-state index contributed by atoms with van der Waals surface area (Å²) in [5.41, 5.74) is 0.809. The molecule has 0 spiro atoms. The second-order valence-corrected chi connectivity index (χ2v) is 7.02. The number of aromatic nitrogens is 3. The van der Waals surface area contributed by atoms with E-state index in [9.17, 15) is 14.5 Å². The van der Waals surface area contributed by atoms with Crippen LogP contribution in [-0.4, -0.2) is 19.7 Å². The lowest BCUT2D eigenvalue weighted by Crippen LogP contribution is -2.07. The topological polar surface area (TPSA) is 96.2 Å². The molecule has 8 nitrogen and oxygen atoms in total. The van der Waals surface area contributed by atoms with Crippen molar-refractivity contribution in [1.29, 1.82) is 0 Å². The molecule has 0 radical (unpaired) electrons. The number of nitrogens with zero attached hydrogens (tertiary/aromatic N) is 4. The number of ether oxygens (including phenoxy) is 1. The van der Waals surface area contributed by atoms with Crippen molar-refractivity contribution in [2.24, 2.45) is 0 Å². The molecule has 0 atom stereocenters. The van der Waals surface area contributed by atoms with Crippen LogP contribution in [0.5, 0.6) is 5.75 Å². The Kier molecular flexibility index (Phi) is 6.08. The zero-order valence-corrected chi connectivity index (χ0v) is 16.7. The minimum absolute atomic E-state index is 0.0114. The van der Waals surface area contributed by atoms with Crippen molar-refractivity contribution in [3.8, 4) is 11.4 Å². The largest absolute Gasteiger partial charge is 0.483 e. The Morgan fingerprint density at radius 1 is 1.10 bits per heavy atom. The molecule has 0 saturated carbocycles. The quantitative estimate of drug-likeness (QED) is 0.211. The van der Waals surface area contributed by atoms with E-state index in [0.29, 0.717) is 16.7 Å². The van der Waals surface area contributed by atoms with Gasteiger partial charge in [-0.25, -0.2) is 4.39 Å². The summed E-state index contributed by atoms with van der Waals surface area (Å²) in [5, 5.41) is 21.3. The number of nitro groups is 1. The minimum Gasteiger partial charge on any atom is -0.483 e. The molecule has 2 aromatic carbocycles. The molecule has 4 rings (SSSR count). The highest BCUT2D eigenvalue weighted by molar-refractivity contribution is 8.02. The van der Waals surface area contributed by atoms with Crippen molar-refractivity contribution in [2.45, 2.75) is 11.8 Å². The molecule has 0 saturated heterocycles. The Balaban J connectivity index is 1.56. The molecule has 2 aromatic heterocycles.